The number of likely N-dealkylation sites (tertiary alicyclic amines) is 1. The Balaban J connectivity index is 1.59. The van der Waals surface area contributed by atoms with E-state index in [-0.39, 0.29) is 11.8 Å². The highest BCUT2D eigenvalue weighted by Crippen LogP contribution is 2.18. The van der Waals surface area contributed by atoms with Gasteiger partial charge in [-0.2, -0.15) is 0 Å². The quantitative estimate of drug-likeness (QED) is 0.706. The summed E-state index contributed by atoms with van der Waals surface area (Å²) in [4.78, 5) is 26.9. The summed E-state index contributed by atoms with van der Waals surface area (Å²) in [6, 6.07) is 14.3. The maximum absolute atomic E-state index is 12.5. The molecular weight excluding hydrogens is 352 g/mol. The number of hydrogen-bond acceptors (Lipinski definition) is 3. The van der Waals surface area contributed by atoms with Crippen molar-refractivity contribution in [2.24, 2.45) is 0 Å². The second kappa shape index (κ2) is 9.93. The molecule has 3 rings (SSSR count). The molecule has 5 nitrogen and oxygen atoms in total. The zero-order valence-electron chi connectivity index (χ0n) is 16.4. The molecule has 1 aliphatic heterocycles. The van der Waals surface area contributed by atoms with Crippen LogP contribution in [0.15, 0.2) is 48.5 Å². The normalized spacial score (nSPS) is 13.8. The summed E-state index contributed by atoms with van der Waals surface area (Å²) in [6.07, 6.45) is 5.39. The van der Waals surface area contributed by atoms with Crippen molar-refractivity contribution >= 4 is 17.5 Å². The smallest absolute Gasteiger partial charge is 0.255 e. The van der Waals surface area contributed by atoms with Gasteiger partial charge in [-0.15, -0.1) is 0 Å². The number of piperidine rings is 1. The molecule has 0 aliphatic carbocycles. The fraction of sp³-hybridized carbons (Fsp3) is 0.391. The zero-order chi connectivity index (χ0) is 19.8. The van der Waals surface area contributed by atoms with Gasteiger partial charge >= 0.3 is 0 Å². The molecule has 0 unspecified atom stereocenters. The number of unbranched alkanes of at least 4 members (excludes halogenated alkanes) is 1. The lowest BCUT2D eigenvalue weighted by Crippen LogP contribution is -2.35. The summed E-state index contributed by atoms with van der Waals surface area (Å²) in [5, 5.41) is 2.88. The average molecular weight is 380 g/mol. The minimum Gasteiger partial charge on any atom is -0.494 e. The van der Waals surface area contributed by atoms with Crippen LogP contribution in [0.2, 0.25) is 0 Å². The van der Waals surface area contributed by atoms with E-state index in [2.05, 4.69) is 12.2 Å². The predicted molar refractivity (Wildman–Crippen MR) is 111 cm³/mol. The number of rotatable bonds is 7. The Morgan fingerprint density at radius 2 is 1.75 bits per heavy atom. The summed E-state index contributed by atoms with van der Waals surface area (Å²) in [5.74, 6) is 0.564. The average Bonchev–Trinajstić information content (AvgIpc) is 2.75. The predicted octanol–water partition coefficient (Wildman–Crippen LogP) is 4.74. The first-order valence-electron chi connectivity index (χ1n) is 10.1. The highest BCUT2D eigenvalue weighted by atomic mass is 16.5. The van der Waals surface area contributed by atoms with Crippen molar-refractivity contribution in [1.29, 1.82) is 0 Å². The van der Waals surface area contributed by atoms with Crippen LogP contribution in [0.4, 0.5) is 5.69 Å². The van der Waals surface area contributed by atoms with Crippen LogP contribution in [0, 0.1) is 0 Å². The third-order valence-corrected chi connectivity index (χ3v) is 4.90. The number of carbonyl (C=O) groups excluding carboxylic acids is 2. The van der Waals surface area contributed by atoms with Crippen molar-refractivity contribution in [3.63, 3.8) is 0 Å². The highest BCUT2D eigenvalue weighted by Gasteiger charge is 2.18. The molecule has 0 aromatic heterocycles. The molecule has 1 fully saturated rings. The van der Waals surface area contributed by atoms with Crippen LogP contribution in [0.5, 0.6) is 5.75 Å². The van der Waals surface area contributed by atoms with Crippen LogP contribution in [0.3, 0.4) is 0 Å². The number of amides is 2. The lowest BCUT2D eigenvalue weighted by atomic mass is 10.1. The molecule has 2 amide bonds. The summed E-state index contributed by atoms with van der Waals surface area (Å²) >= 11 is 0. The van der Waals surface area contributed by atoms with Gasteiger partial charge in [-0.05, 0) is 68.1 Å². The molecule has 2 aromatic rings. The lowest BCUT2D eigenvalue weighted by molar-refractivity contribution is 0.0724. The first-order valence-corrected chi connectivity index (χ1v) is 10.1. The van der Waals surface area contributed by atoms with E-state index in [1.165, 1.54) is 6.42 Å². The van der Waals surface area contributed by atoms with Crippen LogP contribution >= 0.6 is 0 Å². The van der Waals surface area contributed by atoms with Crippen molar-refractivity contribution in [2.75, 3.05) is 25.0 Å². The van der Waals surface area contributed by atoms with Gasteiger partial charge in [0, 0.05) is 29.9 Å². The highest BCUT2D eigenvalue weighted by molar-refractivity contribution is 6.04. The van der Waals surface area contributed by atoms with Crippen LogP contribution < -0.4 is 10.1 Å². The van der Waals surface area contributed by atoms with E-state index >= 15 is 0 Å². The van der Waals surface area contributed by atoms with Gasteiger partial charge in [0.05, 0.1) is 6.61 Å². The molecule has 0 atom stereocenters. The van der Waals surface area contributed by atoms with Gasteiger partial charge in [-0.3, -0.25) is 9.59 Å². The summed E-state index contributed by atoms with van der Waals surface area (Å²) < 4.78 is 5.66. The van der Waals surface area contributed by atoms with Gasteiger partial charge in [-0.25, -0.2) is 0 Å². The summed E-state index contributed by atoms with van der Waals surface area (Å²) in [5.41, 5.74) is 1.87. The minimum atomic E-state index is -0.198. The summed E-state index contributed by atoms with van der Waals surface area (Å²) in [6.45, 7) is 4.41. The molecule has 0 spiro atoms. The SMILES string of the molecule is CCCCOc1cccc(C(=O)Nc2ccc(C(=O)N3CCCCC3)cc2)c1. The van der Waals surface area contributed by atoms with Crippen molar-refractivity contribution in [2.45, 2.75) is 39.0 Å². The van der Waals surface area contributed by atoms with Crippen LogP contribution in [-0.4, -0.2) is 36.4 Å². The second-order valence-corrected chi connectivity index (χ2v) is 7.11. The van der Waals surface area contributed by atoms with E-state index in [1.807, 2.05) is 17.0 Å². The fourth-order valence-corrected chi connectivity index (χ4v) is 3.24. The van der Waals surface area contributed by atoms with E-state index in [9.17, 15) is 9.59 Å². The number of carbonyl (C=O) groups is 2. The Morgan fingerprint density at radius 3 is 2.46 bits per heavy atom. The molecule has 28 heavy (non-hydrogen) atoms. The number of anilines is 1. The molecule has 0 radical (unpaired) electrons. The molecule has 148 valence electrons. The molecule has 1 N–H and O–H groups in total. The van der Waals surface area contributed by atoms with E-state index < -0.39 is 0 Å². The van der Waals surface area contributed by atoms with Gasteiger partial charge < -0.3 is 15.0 Å². The maximum Gasteiger partial charge on any atom is 0.255 e. The van der Waals surface area contributed by atoms with Crippen molar-refractivity contribution in [1.82, 2.24) is 4.90 Å². The molecule has 2 aromatic carbocycles. The minimum absolute atomic E-state index is 0.0644. The first-order chi connectivity index (χ1) is 13.7. The van der Waals surface area contributed by atoms with Gasteiger partial charge in [0.15, 0.2) is 0 Å². The van der Waals surface area contributed by atoms with Crippen LogP contribution in [-0.2, 0) is 0 Å². The molecule has 0 bridgehead atoms. The fourth-order valence-electron chi connectivity index (χ4n) is 3.24. The Kier molecular flexibility index (Phi) is 7.06. The molecular formula is C23H28N2O3. The van der Waals surface area contributed by atoms with Gasteiger partial charge in [0.2, 0.25) is 0 Å². The van der Waals surface area contributed by atoms with E-state index in [4.69, 9.17) is 4.74 Å². The number of hydrogen-bond donors (Lipinski definition) is 1. The van der Waals surface area contributed by atoms with Gasteiger partial charge in [0.1, 0.15) is 5.75 Å². The van der Waals surface area contributed by atoms with E-state index in [1.54, 1.807) is 36.4 Å². The van der Waals surface area contributed by atoms with Crippen molar-refractivity contribution in [3.8, 4) is 5.75 Å². The topological polar surface area (TPSA) is 58.6 Å². The van der Waals surface area contributed by atoms with Gasteiger partial charge in [-0.1, -0.05) is 19.4 Å². The first kappa shape index (κ1) is 19.9. The number of nitrogens with one attached hydrogen (secondary N) is 1. The largest absolute Gasteiger partial charge is 0.494 e. The second-order valence-electron chi connectivity index (χ2n) is 7.11. The third-order valence-electron chi connectivity index (χ3n) is 4.90. The molecule has 1 aliphatic rings. The Bertz CT molecular complexity index is 796. The molecule has 0 saturated carbocycles. The summed E-state index contributed by atoms with van der Waals surface area (Å²) in [7, 11) is 0. The number of benzene rings is 2. The van der Waals surface area contributed by atoms with E-state index in [0.717, 1.165) is 38.8 Å². The maximum atomic E-state index is 12.5. The number of ether oxygens (including phenoxy) is 1. The van der Waals surface area contributed by atoms with Crippen LogP contribution in [0.1, 0.15) is 59.7 Å². The molecule has 5 heteroatoms. The number of nitrogens with zero attached hydrogens (tertiary/aromatic N) is 1. The van der Waals surface area contributed by atoms with Gasteiger partial charge in [0.25, 0.3) is 11.8 Å². The monoisotopic (exact) mass is 380 g/mol. The lowest BCUT2D eigenvalue weighted by Gasteiger charge is -2.26. The van der Waals surface area contributed by atoms with E-state index in [0.29, 0.717) is 29.2 Å². The zero-order valence-corrected chi connectivity index (χ0v) is 16.4. The van der Waals surface area contributed by atoms with Crippen molar-refractivity contribution in [3.05, 3.63) is 59.7 Å². The van der Waals surface area contributed by atoms with Crippen molar-refractivity contribution < 1.29 is 14.3 Å². The molecule has 1 heterocycles. The van der Waals surface area contributed by atoms with Crippen LogP contribution in [0.25, 0.3) is 0 Å². The third kappa shape index (κ3) is 5.35. The standard InChI is InChI=1S/C23H28N2O3/c1-2-3-16-28-21-9-7-8-19(17-21)22(26)24-20-12-10-18(11-13-20)23(27)25-14-5-4-6-15-25/h7-13,17H,2-6,14-16H2,1H3,(H,24,26). The Hall–Kier alpha value is -2.82. The Labute approximate surface area is 166 Å². The molecule has 1 saturated heterocycles. The Morgan fingerprint density at radius 1 is 1.00 bits per heavy atom.